The van der Waals surface area contributed by atoms with Gasteiger partial charge in [0.1, 0.15) is 5.76 Å². The summed E-state index contributed by atoms with van der Waals surface area (Å²) in [6.07, 6.45) is 9.03. The highest BCUT2D eigenvalue weighted by Crippen LogP contribution is 2.43. The first-order valence-corrected chi connectivity index (χ1v) is 6.09. The van der Waals surface area contributed by atoms with E-state index in [0.717, 1.165) is 23.5 Å². The van der Waals surface area contributed by atoms with Crippen LogP contribution in [0.4, 0.5) is 0 Å². The monoisotopic (exact) mass is 218 g/mol. The standard InChI is InChI=1S/C13H18N2O/c1-8-7-14-13(16-8)9(2)15-12-6-10-4-3-5-11(10)12/h3,5,7,9-12,15H,4,6H2,1-2H3. The molecule has 2 aliphatic rings. The van der Waals surface area contributed by atoms with Gasteiger partial charge in [0.2, 0.25) is 5.89 Å². The third-order valence-electron chi connectivity index (χ3n) is 3.84. The van der Waals surface area contributed by atoms with Gasteiger partial charge in [-0.25, -0.2) is 4.98 Å². The fraction of sp³-hybridized carbons (Fsp3) is 0.615. The molecule has 0 amide bonds. The van der Waals surface area contributed by atoms with Gasteiger partial charge in [-0.3, -0.25) is 0 Å². The lowest BCUT2D eigenvalue weighted by Gasteiger charge is -2.41. The van der Waals surface area contributed by atoms with Gasteiger partial charge in [0.25, 0.3) is 0 Å². The molecule has 3 heteroatoms. The summed E-state index contributed by atoms with van der Waals surface area (Å²) < 4.78 is 5.53. The Morgan fingerprint density at radius 2 is 2.44 bits per heavy atom. The van der Waals surface area contributed by atoms with E-state index in [0.29, 0.717) is 6.04 Å². The van der Waals surface area contributed by atoms with Gasteiger partial charge in [0.05, 0.1) is 12.2 Å². The molecule has 2 aliphatic carbocycles. The number of aromatic nitrogens is 1. The maximum absolute atomic E-state index is 5.53. The molecule has 1 aromatic heterocycles. The van der Waals surface area contributed by atoms with Gasteiger partial charge >= 0.3 is 0 Å². The van der Waals surface area contributed by atoms with Crippen LogP contribution in [0.2, 0.25) is 0 Å². The first kappa shape index (κ1) is 10.1. The fourth-order valence-electron chi connectivity index (χ4n) is 2.87. The molecular weight excluding hydrogens is 200 g/mol. The first-order chi connectivity index (χ1) is 7.74. The van der Waals surface area contributed by atoms with E-state index in [1.165, 1.54) is 12.8 Å². The van der Waals surface area contributed by atoms with Crippen molar-refractivity contribution in [2.24, 2.45) is 11.8 Å². The molecule has 0 aliphatic heterocycles. The van der Waals surface area contributed by atoms with E-state index in [1.54, 1.807) is 6.20 Å². The van der Waals surface area contributed by atoms with Crippen LogP contribution in [-0.4, -0.2) is 11.0 Å². The number of nitrogens with one attached hydrogen (secondary N) is 1. The summed E-state index contributed by atoms with van der Waals surface area (Å²) in [6.45, 7) is 4.06. The summed E-state index contributed by atoms with van der Waals surface area (Å²) in [5.74, 6) is 3.34. The Morgan fingerprint density at radius 1 is 1.56 bits per heavy atom. The van der Waals surface area contributed by atoms with Gasteiger partial charge in [-0.2, -0.15) is 0 Å². The molecule has 3 rings (SSSR count). The Labute approximate surface area is 95.9 Å². The van der Waals surface area contributed by atoms with E-state index in [2.05, 4.69) is 29.4 Å². The van der Waals surface area contributed by atoms with Gasteiger partial charge in [-0.05, 0) is 38.5 Å². The predicted octanol–water partition coefficient (Wildman–Crippen LogP) is 2.60. The van der Waals surface area contributed by atoms with Crippen molar-refractivity contribution < 1.29 is 4.42 Å². The summed E-state index contributed by atoms with van der Waals surface area (Å²) in [7, 11) is 0. The van der Waals surface area contributed by atoms with Crippen LogP contribution in [-0.2, 0) is 0 Å². The van der Waals surface area contributed by atoms with Crippen molar-refractivity contribution in [1.29, 1.82) is 0 Å². The summed E-state index contributed by atoms with van der Waals surface area (Å²) in [6, 6.07) is 0.833. The van der Waals surface area contributed by atoms with Crippen molar-refractivity contribution in [1.82, 2.24) is 10.3 Å². The highest BCUT2D eigenvalue weighted by molar-refractivity contribution is 5.13. The zero-order valence-electron chi connectivity index (χ0n) is 9.81. The maximum Gasteiger partial charge on any atom is 0.211 e. The molecule has 4 atom stereocenters. The van der Waals surface area contributed by atoms with Crippen molar-refractivity contribution in [3.8, 4) is 0 Å². The number of oxazole rings is 1. The van der Waals surface area contributed by atoms with Crippen LogP contribution in [0.1, 0.15) is 37.5 Å². The molecule has 0 bridgehead atoms. The summed E-state index contributed by atoms with van der Waals surface area (Å²) in [4.78, 5) is 4.27. The molecule has 1 saturated carbocycles. The molecular formula is C13H18N2O. The molecule has 0 spiro atoms. The molecule has 1 fully saturated rings. The second-order valence-corrected chi connectivity index (χ2v) is 5.04. The minimum Gasteiger partial charge on any atom is -0.444 e. The third-order valence-corrected chi connectivity index (χ3v) is 3.84. The molecule has 4 unspecified atom stereocenters. The summed E-state index contributed by atoms with van der Waals surface area (Å²) in [5, 5.41) is 3.61. The Bertz CT molecular complexity index is 410. The molecule has 0 saturated heterocycles. The zero-order chi connectivity index (χ0) is 11.1. The quantitative estimate of drug-likeness (QED) is 0.792. The lowest BCUT2D eigenvalue weighted by atomic mass is 9.71. The van der Waals surface area contributed by atoms with Crippen molar-refractivity contribution in [2.45, 2.75) is 38.8 Å². The second kappa shape index (κ2) is 3.74. The van der Waals surface area contributed by atoms with Gasteiger partial charge in [-0.1, -0.05) is 12.2 Å². The van der Waals surface area contributed by atoms with Crippen molar-refractivity contribution in [3.63, 3.8) is 0 Å². The van der Waals surface area contributed by atoms with Crippen molar-refractivity contribution in [2.75, 3.05) is 0 Å². The van der Waals surface area contributed by atoms with Gasteiger partial charge in [0, 0.05) is 6.04 Å². The second-order valence-electron chi connectivity index (χ2n) is 5.04. The Hall–Kier alpha value is -1.09. The minimum atomic E-state index is 0.216. The van der Waals surface area contributed by atoms with E-state index < -0.39 is 0 Å². The van der Waals surface area contributed by atoms with Crippen LogP contribution in [0, 0.1) is 18.8 Å². The fourth-order valence-corrected chi connectivity index (χ4v) is 2.87. The third kappa shape index (κ3) is 1.59. The highest BCUT2D eigenvalue weighted by atomic mass is 16.4. The van der Waals surface area contributed by atoms with E-state index in [4.69, 9.17) is 4.42 Å². The molecule has 1 heterocycles. The number of nitrogens with zero attached hydrogens (tertiary/aromatic N) is 1. The molecule has 1 N–H and O–H groups in total. The SMILES string of the molecule is Cc1cnc(C(C)NC2CC3CC=CC32)o1. The molecule has 1 aromatic rings. The van der Waals surface area contributed by atoms with Crippen LogP contribution in [0.25, 0.3) is 0 Å². The lowest BCUT2D eigenvalue weighted by molar-refractivity contribution is 0.147. The van der Waals surface area contributed by atoms with E-state index in [1.807, 2.05) is 6.92 Å². The maximum atomic E-state index is 5.53. The molecule has 16 heavy (non-hydrogen) atoms. The molecule has 86 valence electrons. The van der Waals surface area contributed by atoms with Crippen molar-refractivity contribution in [3.05, 3.63) is 30.0 Å². The smallest absolute Gasteiger partial charge is 0.211 e. The van der Waals surface area contributed by atoms with E-state index in [9.17, 15) is 0 Å². The van der Waals surface area contributed by atoms with Crippen LogP contribution in [0.5, 0.6) is 0 Å². The number of hydrogen-bond donors (Lipinski definition) is 1. The predicted molar refractivity (Wildman–Crippen MR) is 61.9 cm³/mol. The zero-order valence-corrected chi connectivity index (χ0v) is 9.81. The summed E-state index contributed by atoms with van der Waals surface area (Å²) in [5.41, 5.74) is 0. The van der Waals surface area contributed by atoms with Gasteiger partial charge < -0.3 is 9.73 Å². The van der Waals surface area contributed by atoms with Crippen LogP contribution < -0.4 is 5.32 Å². The van der Waals surface area contributed by atoms with E-state index >= 15 is 0 Å². The van der Waals surface area contributed by atoms with Crippen LogP contribution >= 0.6 is 0 Å². The Kier molecular flexibility index (Phi) is 2.36. The average molecular weight is 218 g/mol. The number of allylic oxidation sites excluding steroid dienone is 1. The van der Waals surface area contributed by atoms with Crippen LogP contribution in [0.15, 0.2) is 22.8 Å². The number of aryl methyl sites for hydroxylation is 1. The first-order valence-electron chi connectivity index (χ1n) is 6.09. The van der Waals surface area contributed by atoms with Crippen molar-refractivity contribution >= 4 is 0 Å². The highest BCUT2D eigenvalue weighted by Gasteiger charge is 2.41. The van der Waals surface area contributed by atoms with Gasteiger partial charge in [-0.15, -0.1) is 0 Å². The number of fused-ring (bicyclic) bond motifs is 1. The normalized spacial score (nSPS) is 33.5. The van der Waals surface area contributed by atoms with Crippen LogP contribution in [0.3, 0.4) is 0 Å². The lowest BCUT2D eigenvalue weighted by Crippen LogP contribution is -2.48. The summed E-state index contributed by atoms with van der Waals surface area (Å²) >= 11 is 0. The number of rotatable bonds is 3. The minimum absolute atomic E-state index is 0.216. The average Bonchev–Trinajstić information content (AvgIpc) is 2.81. The Morgan fingerprint density at radius 3 is 3.12 bits per heavy atom. The molecule has 0 radical (unpaired) electrons. The Balaban J connectivity index is 1.61. The molecule has 0 aromatic carbocycles. The van der Waals surface area contributed by atoms with Gasteiger partial charge in [0.15, 0.2) is 0 Å². The largest absolute Gasteiger partial charge is 0.444 e. The van der Waals surface area contributed by atoms with E-state index in [-0.39, 0.29) is 6.04 Å². The number of hydrogen-bond acceptors (Lipinski definition) is 3. The molecule has 3 nitrogen and oxygen atoms in total. The topological polar surface area (TPSA) is 38.1 Å².